The molecule has 2 heterocycles. The second kappa shape index (κ2) is 5.31. The van der Waals surface area contributed by atoms with Gasteiger partial charge in [-0.2, -0.15) is 0 Å². The van der Waals surface area contributed by atoms with Crippen molar-refractivity contribution < 1.29 is 24.1 Å². The number of carbonyl (C=O) groups is 1. The van der Waals surface area contributed by atoms with Crippen LogP contribution in [-0.2, 0) is 19.0 Å². The first-order chi connectivity index (χ1) is 13.4. The van der Waals surface area contributed by atoms with E-state index in [0.29, 0.717) is 17.7 Å². The van der Waals surface area contributed by atoms with Gasteiger partial charge >= 0.3 is 0 Å². The first kappa shape index (κ1) is 17.6. The second-order valence-electron chi connectivity index (χ2n) is 7.66. The fourth-order valence-electron chi connectivity index (χ4n) is 5.35. The molecule has 3 aliphatic carbocycles. The lowest BCUT2D eigenvalue weighted by Crippen LogP contribution is -2.73. The van der Waals surface area contributed by atoms with Gasteiger partial charge in [0, 0.05) is 26.2 Å². The minimum absolute atomic E-state index is 0.135. The van der Waals surface area contributed by atoms with E-state index in [1.165, 1.54) is 26.4 Å². The highest BCUT2D eigenvalue weighted by Crippen LogP contribution is 2.73. The molecule has 5 atom stereocenters. The van der Waals surface area contributed by atoms with Gasteiger partial charge in [0.05, 0.1) is 5.71 Å². The van der Waals surface area contributed by atoms with Gasteiger partial charge in [-0.25, -0.2) is 0 Å². The second-order valence-corrected chi connectivity index (χ2v) is 7.66. The van der Waals surface area contributed by atoms with E-state index in [1.807, 2.05) is 6.92 Å². The Morgan fingerprint density at radius 3 is 2.75 bits per heavy atom. The molecule has 0 unspecified atom stereocenters. The van der Waals surface area contributed by atoms with E-state index in [2.05, 4.69) is 23.7 Å². The Morgan fingerprint density at radius 1 is 1.25 bits per heavy atom. The van der Waals surface area contributed by atoms with Crippen molar-refractivity contribution in [1.82, 2.24) is 0 Å². The summed E-state index contributed by atoms with van der Waals surface area (Å²) < 4.78 is 18.0. The summed E-state index contributed by atoms with van der Waals surface area (Å²) in [6.45, 7) is 2.00. The molecule has 142 valence electrons. The maximum Gasteiger partial charge on any atom is 0.216 e. The number of hydrogen-bond acceptors (Lipinski definition) is 6. The van der Waals surface area contributed by atoms with Crippen molar-refractivity contribution in [1.29, 1.82) is 0 Å². The third-order valence-corrected chi connectivity index (χ3v) is 6.60. The van der Waals surface area contributed by atoms with Crippen LogP contribution in [-0.4, -0.2) is 59.5 Å². The van der Waals surface area contributed by atoms with Crippen LogP contribution in [0.5, 0.6) is 0 Å². The standard InChI is InChI=1S/C22H19NO5/c1-14-13-20(26-2,27-3)19(25)11-7-5-4-6-8-18-21(14)22(19,28-21)16-12-15(24)9-10-17(16)23-18/h4-5,9-10,12,14,18,25H,13H2,1-3H3/b5-4-/t14-,18-,19-,21-,22-/m0/s1. The van der Waals surface area contributed by atoms with Crippen molar-refractivity contribution in [3.8, 4) is 23.7 Å². The maximum absolute atomic E-state index is 12.2. The van der Waals surface area contributed by atoms with Gasteiger partial charge in [0.15, 0.2) is 11.4 Å². The van der Waals surface area contributed by atoms with Crippen LogP contribution in [0.15, 0.2) is 40.9 Å². The minimum Gasteiger partial charge on any atom is -0.370 e. The fraction of sp³-hybridized carbons (Fsp3) is 0.455. The van der Waals surface area contributed by atoms with E-state index in [-0.39, 0.29) is 11.7 Å². The fourth-order valence-corrected chi connectivity index (χ4v) is 5.35. The third-order valence-electron chi connectivity index (χ3n) is 6.60. The van der Waals surface area contributed by atoms with Gasteiger partial charge in [-0.3, -0.25) is 9.79 Å². The van der Waals surface area contributed by atoms with Crippen molar-refractivity contribution in [3.05, 3.63) is 36.0 Å². The van der Waals surface area contributed by atoms with Gasteiger partial charge in [-0.15, -0.1) is 0 Å². The summed E-state index contributed by atoms with van der Waals surface area (Å²) in [5, 5.41) is 12.1. The topological polar surface area (TPSA) is 80.7 Å². The van der Waals surface area contributed by atoms with Gasteiger partial charge in [-0.05, 0) is 36.3 Å². The molecule has 6 heteroatoms. The average molecular weight is 377 g/mol. The average Bonchev–Trinajstić information content (AvgIpc) is 3.42. The van der Waals surface area contributed by atoms with Gasteiger partial charge in [-0.1, -0.05) is 30.6 Å². The first-order valence-corrected chi connectivity index (χ1v) is 9.15. The lowest BCUT2D eigenvalue weighted by molar-refractivity contribution is -0.310. The lowest BCUT2D eigenvalue weighted by Gasteiger charge is -2.53. The molecule has 6 nitrogen and oxygen atoms in total. The number of aliphatic hydroxyl groups is 1. The molecule has 5 rings (SSSR count). The molecule has 1 N–H and O–H groups in total. The molecule has 0 aromatic heterocycles. The maximum atomic E-state index is 12.2. The molecule has 0 aromatic rings. The van der Waals surface area contributed by atoms with Crippen LogP contribution in [0.4, 0.5) is 0 Å². The van der Waals surface area contributed by atoms with Crippen molar-refractivity contribution >= 4 is 11.5 Å². The molecule has 1 saturated carbocycles. The molecule has 4 bridgehead atoms. The van der Waals surface area contributed by atoms with Crippen molar-refractivity contribution in [2.45, 2.75) is 42.0 Å². The Labute approximate surface area is 162 Å². The minimum atomic E-state index is -1.88. The zero-order valence-electron chi connectivity index (χ0n) is 15.8. The quantitative estimate of drug-likeness (QED) is 0.332. The van der Waals surface area contributed by atoms with Crippen LogP contribution in [0, 0.1) is 29.6 Å². The molecule has 2 aliphatic heterocycles. The number of rotatable bonds is 2. The number of methoxy groups -OCH3 is 2. The molecular formula is C22H19NO5. The Bertz CT molecular complexity index is 1040. The molecule has 0 spiro atoms. The molecule has 0 amide bonds. The van der Waals surface area contributed by atoms with E-state index in [4.69, 9.17) is 19.2 Å². The molecule has 5 aliphatic rings. The first-order valence-electron chi connectivity index (χ1n) is 9.15. The van der Waals surface area contributed by atoms with Crippen LogP contribution >= 0.6 is 0 Å². The summed E-state index contributed by atoms with van der Waals surface area (Å²) in [5.41, 5.74) is -3.07. The Morgan fingerprint density at radius 2 is 2.00 bits per heavy atom. The monoisotopic (exact) mass is 377 g/mol. The SMILES string of the molecule is COC1(OC)C[C@H](C)[C@@]23O[C@]24C2=CC(=O)C=CC2=N[C@H]3C#C/C=C\C#C[C@]14O. The zero-order chi connectivity index (χ0) is 19.8. The van der Waals surface area contributed by atoms with E-state index in [9.17, 15) is 9.90 Å². The lowest BCUT2D eigenvalue weighted by atomic mass is 9.55. The van der Waals surface area contributed by atoms with E-state index in [0.717, 1.165) is 0 Å². The molecule has 0 radical (unpaired) electrons. The number of ketones is 1. The predicted molar refractivity (Wildman–Crippen MR) is 100 cm³/mol. The molecule has 0 aromatic carbocycles. The van der Waals surface area contributed by atoms with Crippen LogP contribution in [0.2, 0.25) is 0 Å². The predicted octanol–water partition coefficient (Wildman–Crippen LogP) is 0.719. The summed E-state index contributed by atoms with van der Waals surface area (Å²) in [6.07, 6.45) is 8.06. The van der Waals surface area contributed by atoms with Crippen molar-refractivity contribution in [3.63, 3.8) is 0 Å². The van der Waals surface area contributed by atoms with E-state index >= 15 is 0 Å². The van der Waals surface area contributed by atoms with Gasteiger partial charge in [0.25, 0.3) is 0 Å². The molecule has 2 fully saturated rings. The van der Waals surface area contributed by atoms with Crippen molar-refractivity contribution in [2.24, 2.45) is 10.9 Å². The zero-order valence-corrected chi connectivity index (χ0v) is 15.8. The largest absolute Gasteiger partial charge is 0.370 e. The normalized spacial score (nSPS) is 44.4. The number of fused-ring (bicyclic) bond motifs is 1. The summed E-state index contributed by atoms with van der Waals surface area (Å²) in [5.74, 6) is 10.1. The highest BCUT2D eigenvalue weighted by Gasteiger charge is 2.92. The highest BCUT2D eigenvalue weighted by atomic mass is 16.7. The van der Waals surface area contributed by atoms with Crippen LogP contribution in [0.3, 0.4) is 0 Å². The number of ether oxygens (including phenoxy) is 3. The van der Waals surface area contributed by atoms with Gasteiger partial charge in [0.1, 0.15) is 11.6 Å². The summed E-state index contributed by atoms with van der Waals surface area (Å²) in [4.78, 5) is 17.0. The number of epoxide rings is 1. The van der Waals surface area contributed by atoms with Crippen molar-refractivity contribution in [2.75, 3.05) is 14.2 Å². The smallest absolute Gasteiger partial charge is 0.216 e. The highest BCUT2D eigenvalue weighted by molar-refractivity contribution is 6.22. The summed E-state index contributed by atoms with van der Waals surface area (Å²) >= 11 is 0. The number of carbonyl (C=O) groups excluding carboxylic acids is 1. The summed E-state index contributed by atoms with van der Waals surface area (Å²) in [6, 6.07) is -0.518. The Hall–Kier alpha value is -2.48. The van der Waals surface area contributed by atoms with Gasteiger partial charge < -0.3 is 19.3 Å². The number of aliphatic imine (C=N–C) groups is 1. The van der Waals surface area contributed by atoms with E-state index < -0.39 is 28.6 Å². The van der Waals surface area contributed by atoms with E-state index in [1.54, 1.807) is 18.2 Å². The number of allylic oxidation sites excluding steroid dienone is 5. The molecule has 28 heavy (non-hydrogen) atoms. The third kappa shape index (κ3) is 1.67. The van der Waals surface area contributed by atoms with Crippen LogP contribution in [0.25, 0.3) is 0 Å². The Kier molecular flexibility index (Phi) is 3.34. The van der Waals surface area contributed by atoms with Crippen LogP contribution < -0.4 is 0 Å². The molecular weight excluding hydrogens is 358 g/mol. The van der Waals surface area contributed by atoms with Crippen LogP contribution in [0.1, 0.15) is 13.3 Å². The Balaban J connectivity index is 1.89. The number of nitrogens with zero attached hydrogens (tertiary/aromatic N) is 1. The summed E-state index contributed by atoms with van der Waals surface area (Å²) in [7, 11) is 2.96. The number of hydrogen-bond donors (Lipinski definition) is 1. The molecule has 1 saturated heterocycles. The van der Waals surface area contributed by atoms with Gasteiger partial charge in [0.2, 0.25) is 11.4 Å².